The minimum Gasteiger partial charge on any atom is -0.375 e. The molecule has 6 rings (SSSR count). The highest BCUT2D eigenvalue weighted by Gasteiger charge is 2.33. The molecule has 1 aliphatic rings. The Morgan fingerprint density at radius 3 is 2.85 bits per heavy atom. The summed E-state index contributed by atoms with van der Waals surface area (Å²) in [5, 5.41) is 9.06. The van der Waals surface area contributed by atoms with Crippen LogP contribution in [-0.4, -0.2) is 48.9 Å². The Bertz CT molecular complexity index is 1680. The fraction of sp³-hybridized carbons (Fsp3) is 0.136. The third kappa shape index (κ3) is 2.90. The van der Waals surface area contributed by atoms with Gasteiger partial charge in [0, 0.05) is 29.6 Å². The van der Waals surface area contributed by atoms with Crippen molar-refractivity contribution in [1.29, 1.82) is 0 Å². The van der Waals surface area contributed by atoms with Crippen molar-refractivity contribution >= 4 is 66.1 Å². The number of hydrogen-bond donors (Lipinski definition) is 1. The maximum absolute atomic E-state index is 15.9. The molecule has 1 saturated heterocycles. The van der Waals surface area contributed by atoms with E-state index < -0.39 is 11.6 Å². The highest BCUT2D eigenvalue weighted by Crippen LogP contribution is 2.42. The van der Waals surface area contributed by atoms with E-state index >= 15 is 4.39 Å². The molecule has 0 saturated carbocycles. The van der Waals surface area contributed by atoms with Crippen molar-refractivity contribution in [2.75, 3.05) is 18.8 Å². The first-order valence-electron chi connectivity index (χ1n) is 10.1. The van der Waals surface area contributed by atoms with Crippen LogP contribution >= 0.6 is 22.9 Å². The summed E-state index contributed by atoms with van der Waals surface area (Å²) in [5.74, 6) is -1.34. The lowest BCUT2D eigenvalue weighted by molar-refractivity contribution is -0.131. The predicted octanol–water partition coefficient (Wildman–Crippen LogP) is 4.34. The monoisotopic (exact) mass is 497 g/mol. The van der Waals surface area contributed by atoms with Gasteiger partial charge < -0.3 is 10.6 Å². The van der Waals surface area contributed by atoms with E-state index in [1.54, 1.807) is 15.6 Å². The van der Waals surface area contributed by atoms with Crippen molar-refractivity contribution in [1.82, 2.24) is 29.9 Å². The van der Waals surface area contributed by atoms with Crippen molar-refractivity contribution in [2.24, 2.45) is 0 Å². The number of nitrogens with zero attached hydrogens (tertiary/aromatic N) is 6. The Hall–Kier alpha value is -3.70. The van der Waals surface area contributed by atoms with Gasteiger partial charge in [-0.05, 0) is 24.3 Å². The van der Waals surface area contributed by atoms with Crippen LogP contribution in [0.15, 0.2) is 37.1 Å². The second-order valence-electron chi connectivity index (χ2n) is 7.90. The highest BCUT2D eigenvalue weighted by molar-refractivity contribution is 7.22. The van der Waals surface area contributed by atoms with E-state index in [2.05, 4.69) is 26.9 Å². The summed E-state index contributed by atoms with van der Waals surface area (Å²) in [6, 6.07) is 4.13. The van der Waals surface area contributed by atoms with Crippen molar-refractivity contribution in [2.45, 2.75) is 6.04 Å². The van der Waals surface area contributed by atoms with Gasteiger partial charge in [0.15, 0.2) is 10.9 Å². The third-order valence-electron chi connectivity index (χ3n) is 5.96. The van der Waals surface area contributed by atoms with E-state index in [1.807, 2.05) is 0 Å². The summed E-state index contributed by atoms with van der Waals surface area (Å²) in [7, 11) is 0. The van der Waals surface area contributed by atoms with E-state index in [1.165, 1.54) is 24.4 Å². The molecule has 2 aromatic carbocycles. The van der Waals surface area contributed by atoms with Crippen LogP contribution in [-0.2, 0) is 4.79 Å². The summed E-state index contributed by atoms with van der Waals surface area (Å²) in [4.78, 5) is 21.9. The van der Waals surface area contributed by atoms with E-state index in [0.29, 0.717) is 35.1 Å². The number of pyridine rings is 1. The summed E-state index contributed by atoms with van der Waals surface area (Å²) >= 11 is 7.57. The molecule has 0 atom stereocenters. The van der Waals surface area contributed by atoms with E-state index in [9.17, 15) is 9.18 Å². The van der Waals surface area contributed by atoms with Gasteiger partial charge in [-0.1, -0.05) is 34.7 Å². The smallest absolute Gasteiger partial charge is 0.246 e. The van der Waals surface area contributed by atoms with Crippen LogP contribution < -0.4 is 5.73 Å². The van der Waals surface area contributed by atoms with Gasteiger partial charge in [0.1, 0.15) is 22.4 Å². The number of fused-ring (bicyclic) bond motifs is 4. The predicted molar refractivity (Wildman–Crippen MR) is 127 cm³/mol. The molecule has 5 aromatic rings. The molecule has 0 bridgehead atoms. The Morgan fingerprint density at radius 1 is 1.29 bits per heavy atom. The van der Waals surface area contributed by atoms with Crippen molar-refractivity contribution < 1.29 is 13.6 Å². The van der Waals surface area contributed by atoms with E-state index in [4.69, 9.17) is 17.3 Å². The lowest BCUT2D eigenvalue weighted by atomic mass is 10.0. The average molecular weight is 498 g/mol. The largest absolute Gasteiger partial charge is 0.375 e. The standard InChI is InChI=1S/C22H14ClF2N7OS/c1-2-15(33)31-7-9(8-31)32-20-11-5-12(23)16(17(25)18(11)27-6-14(20)29-30-32)10-3-4-13(24)21-19(10)28-22(26)34-21/h2-6,9H,1,7-8H2,(H2,26,28). The van der Waals surface area contributed by atoms with Crippen molar-refractivity contribution in [3.05, 3.63) is 53.7 Å². The quantitative estimate of drug-likeness (QED) is 0.372. The number of rotatable bonds is 3. The Balaban J connectivity index is 1.55. The molecule has 4 heterocycles. The topological polar surface area (TPSA) is 103 Å². The van der Waals surface area contributed by atoms with Crippen LogP contribution in [0.1, 0.15) is 6.04 Å². The molecule has 1 aliphatic heterocycles. The maximum atomic E-state index is 15.9. The van der Waals surface area contributed by atoms with Gasteiger partial charge in [0.05, 0.1) is 27.5 Å². The number of thiazole rings is 1. The zero-order chi connectivity index (χ0) is 23.7. The van der Waals surface area contributed by atoms with Crippen molar-refractivity contribution in [3.63, 3.8) is 0 Å². The minimum absolute atomic E-state index is 0.0572. The molecule has 1 amide bonds. The fourth-order valence-electron chi connectivity index (χ4n) is 4.31. The zero-order valence-electron chi connectivity index (χ0n) is 17.3. The molecule has 0 radical (unpaired) electrons. The number of likely N-dealkylation sites (tertiary alicyclic amines) is 1. The number of hydrogen-bond acceptors (Lipinski definition) is 7. The summed E-state index contributed by atoms with van der Waals surface area (Å²) in [6.07, 6.45) is 2.70. The van der Waals surface area contributed by atoms with Crippen LogP contribution in [0.4, 0.5) is 13.9 Å². The Morgan fingerprint density at radius 2 is 2.09 bits per heavy atom. The molecule has 1 fully saturated rings. The summed E-state index contributed by atoms with van der Waals surface area (Å²) in [6.45, 7) is 4.36. The second-order valence-corrected chi connectivity index (χ2v) is 9.33. The zero-order valence-corrected chi connectivity index (χ0v) is 18.9. The highest BCUT2D eigenvalue weighted by atomic mass is 35.5. The Kier molecular flexibility index (Phi) is 4.55. The number of nitrogens with two attached hydrogens (primary N) is 1. The third-order valence-corrected chi connectivity index (χ3v) is 7.15. The molecule has 0 aliphatic carbocycles. The molecule has 34 heavy (non-hydrogen) atoms. The number of aromatic nitrogens is 5. The average Bonchev–Trinajstić information content (AvgIpc) is 3.38. The number of carbonyl (C=O) groups is 1. The molecule has 0 spiro atoms. The first-order chi connectivity index (χ1) is 16.4. The van der Waals surface area contributed by atoms with Crippen LogP contribution in [0.2, 0.25) is 5.02 Å². The summed E-state index contributed by atoms with van der Waals surface area (Å²) < 4.78 is 32.1. The van der Waals surface area contributed by atoms with E-state index in [-0.39, 0.29) is 43.4 Å². The van der Waals surface area contributed by atoms with Gasteiger partial charge in [-0.15, -0.1) is 5.10 Å². The maximum Gasteiger partial charge on any atom is 0.246 e. The van der Waals surface area contributed by atoms with Crippen LogP contribution in [0.25, 0.3) is 43.3 Å². The SMILES string of the molecule is C=CC(=O)N1CC(n2nnc3cnc4c(F)c(-c5ccc(F)c6sc(N)nc56)c(Cl)cc4c32)C1. The van der Waals surface area contributed by atoms with Gasteiger partial charge in [-0.25, -0.2) is 18.4 Å². The molecular formula is C22H14ClF2N7OS. The lowest BCUT2D eigenvalue weighted by Gasteiger charge is -2.38. The molecule has 8 nitrogen and oxygen atoms in total. The molecule has 0 unspecified atom stereocenters. The Labute approximate surface area is 199 Å². The molecule has 12 heteroatoms. The normalized spacial score (nSPS) is 14.3. The van der Waals surface area contributed by atoms with Crippen LogP contribution in [0.5, 0.6) is 0 Å². The first-order valence-corrected chi connectivity index (χ1v) is 11.3. The van der Waals surface area contributed by atoms with Crippen molar-refractivity contribution in [3.8, 4) is 11.1 Å². The van der Waals surface area contributed by atoms with Gasteiger partial charge in [0.2, 0.25) is 5.91 Å². The lowest BCUT2D eigenvalue weighted by Crippen LogP contribution is -2.50. The fourth-order valence-corrected chi connectivity index (χ4v) is 5.37. The first kappa shape index (κ1) is 20.9. The van der Waals surface area contributed by atoms with Crippen LogP contribution in [0, 0.1) is 11.6 Å². The van der Waals surface area contributed by atoms with Gasteiger partial charge in [-0.2, -0.15) is 0 Å². The number of amides is 1. The number of carbonyl (C=O) groups excluding carboxylic acids is 1. The summed E-state index contributed by atoms with van der Waals surface area (Å²) in [5.41, 5.74) is 7.49. The van der Waals surface area contributed by atoms with E-state index in [0.717, 1.165) is 11.3 Å². The number of halogens is 3. The second kappa shape index (κ2) is 7.40. The molecular weight excluding hydrogens is 484 g/mol. The molecule has 2 N–H and O–H groups in total. The van der Waals surface area contributed by atoms with Gasteiger partial charge in [-0.3, -0.25) is 9.78 Å². The minimum atomic E-state index is -0.672. The van der Waals surface area contributed by atoms with Crippen LogP contribution in [0.3, 0.4) is 0 Å². The number of nitrogen functional groups attached to an aromatic ring is 1. The molecule has 170 valence electrons. The number of benzene rings is 2. The molecule has 3 aromatic heterocycles. The van der Waals surface area contributed by atoms with Gasteiger partial charge in [0.25, 0.3) is 0 Å². The number of anilines is 1. The van der Waals surface area contributed by atoms with Gasteiger partial charge >= 0.3 is 0 Å².